The summed E-state index contributed by atoms with van der Waals surface area (Å²) in [6, 6.07) is 17.2. The molecule has 3 aromatic rings. The monoisotopic (exact) mass is 491 g/mol. The van der Waals surface area contributed by atoms with Crippen LogP contribution in [0.25, 0.3) is 6.08 Å². The lowest BCUT2D eigenvalue weighted by Crippen LogP contribution is -2.42. The summed E-state index contributed by atoms with van der Waals surface area (Å²) in [6.45, 7) is 0.321. The van der Waals surface area contributed by atoms with Crippen LogP contribution < -0.4 is 10.8 Å². The van der Waals surface area contributed by atoms with Crippen molar-refractivity contribution in [1.29, 1.82) is 0 Å². The predicted molar refractivity (Wildman–Crippen MR) is 132 cm³/mol. The first kappa shape index (κ1) is 25.6. The lowest BCUT2D eigenvalue weighted by Gasteiger charge is -2.28. The molecule has 0 radical (unpaired) electrons. The molecule has 180 valence electrons. The van der Waals surface area contributed by atoms with Gasteiger partial charge in [0.1, 0.15) is 6.04 Å². The zero-order valence-electron chi connectivity index (χ0n) is 19.0. The number of benzene rings is 2. The zero-order chi connectivity index (χ0) is 25.0. The van der Waals surface area contributed by atoms with Crippen molar-refractivity contribution in [1.82, 2.24) is 25.7 Å². The van der Waals surface area contributed by atoms with Crippen LogP contribution in [0.3, 0.4) is 0 Å². The summed E-state index contributed by atoms with van der Waals surface area (Å²) in [6.07, 6.45) is 5.90. The number of thioether (sulfide) groups is 1. The third-order valence-corrected chi connectivity index (χ3v) is 5.86. The van der Waals surface area contributed by atoms with Crippen molar-refractivity contribution in [2.24, 2.45) is 0 Å². The molecule has 0 fully saturated rings. The SMILES string of the molecule is CN(C(=O)CSc1ncccn1)C(C(=O)NCc1ccccc1)c1ccc(/C=C/C(=O)NO)cc1. The number of likely N-dealkylation sites (N-methyl/N-ethyl adjacent to an activating group) is 1. The van der Waals surface area contributed by atoms with Gasteiger partial charge < -0.3 is 10.2 Å². The number of nitrogens with zero attached hydrogens (tertiary/aromatic N) is 3. The maximum atomic E-state index is 13.2. The Bertz CT molecular complexity index is 1160. The van der Waals surface area contributed by atoms with Gasteiger partial charge in [-0.3, -0.25) is 19.6 Å². The van der Waals surface area contributed by atoms with E-state index in [0.29, 0.717) is 22.8 Å². The number of amides is 3. The van der Waals surface area contributed by atoms with Crippen LogP contribution >= 0.6 is 11.8 Å². The fraction of sp³-hybridized carbons (Fsp3) is 0.160. The molecule has 0 aliphatic rings. The van der Waals surface area contributed by atoms with Crippen LogP contribution in [0, 0.1) is 0 Å². The van der Waals surface area contributed by atoms with Crippen molar-refractivity contribution in [3.05, 3.63) is 95.8 Å². The highest BCUT2D eigenvalue weighted by Crippen LogP contribution is 2.23. The highest BCUT2D eigenvalue weighted by Gasteiger charge is 2.28. The van der Waals surface area contributed by atoms with E-state index in [2.05, 4.69) is 15.3 Å². The van der Waals surface area contributed by atoms with Crippen LogP contribution in [0.2, 0.25) is 0 Å². The van der Waals surface area contributed by atoms with Crippen molar-refractivity contribution >= 4 is 35.6 Å². The van der Waals surface area contributed by atoms with Gasteiger partial charge >= 0.3 is 0 Å². The van der Waals surface area contributed by atoms with Crippen LogP contribution in [-0.2, 0) is 20.9 Å². The van der Waals surface area contributed by atoms with Crippen molar-refractivity contribution in [2.45, 2.75) is 17.7 Å². The van der Waals surface area contributed by atoms with E-state index in [1.165, 1.54) is 34.3 Å². The molecule has 1 aromatic heterocycles. The molecule has 0 spiro atoms. The Morgan fingerprint density at radius 1 is 1.03 bits per heavy atom. The van der Waals surface area contributed by atoms with E-state index in [0.717, 1.165) is 5.56 Å². The molecular weight excluding hydrogens is 466 g/mol. The van der Waals surface area contributed by atoms with E-state index in [-0.39, 0.29) is 17.6 Å². The minimum absolute atomic E-state index is 0.0695. The van der Waals surface area contributed by atoms with Crippen LogP contribution in [0.4, 0.5) is 0 Å². The molecule has 0 saturated heterocycles. The quantitative estimate of drug-likeness (QED) is 0.131. The lowest BCUT2D eigenvalue weighted by molar-refractivity contribution is -0.137. The molecular formula is C25H25N5O4S. The molecule has 10 heteroatoms. The fourth-order valence-corrected chi connectivity index (χ4v) is 3.89. The second-order valence-corrected chi connectivity index (χ2v) is 8.35. The molecule has 0 bridgehead atoms. The maximum Gasteiger partial charge on any atom is 0.267 e. The van der Waals surface area contributed by atoms with Gasteiger partial charge in [0.25, 0.3) is 5.91 Å². The number of hydrogen-bond donors (Lipinski definition) is 3. The normalized spacial score (nSPS) is 11.6. The van der Waals surface area contributed by atoms with E-state index in [1.54, 1.807) is 49.8 Å². The smallest absolute Gasteiger partial charge is 0.267 e. The molecule has 3 amide bonds. The molecule has 2 aromatic carbocycles. The average molecular weight is 492 g/mol. The molecule has 0 saturated carbocycles. The lowest BCUT2D eigenvalue weighted by atomic mass is 10.0. The Balaban J connectivity index is 1.77. The average Bonchev–Trinajstić information content (AvgIpc) is 2.91. The highest BCUT2D eigenvalue weighted by atomic mass is 32.2. The van der Waals surface area contributed by atoms with E-state index in [1.807, 2.05) is 30.3 Å². The number of rotatable bonds is 10. The summed E-state index contributed by atoms with van der Waals surface area (Å²) in [5.41, 5.74) is 3.76. The van der Waals surface area contributed by atoms with Gasteiger partial charge in [0.2, 0.25) is 11.8 Å². The summed E-state index contributed by atoms with van der Waals surface area (Å²) in [5.74, 6) is -1.17. The van der Waals surface area contributed by atoms with Crippen molar-refractivity contribution < 1.29 is 19.6 Å². The van der Waals surface area contributed by atoms with Crippen molar-refractivity contribution in [3.8, 4) is 0 Å². The molecule has 1 unspecified atom stereocenters. The fourth-order valence-electron chi connectivity index (χ4n) is 3.16. The summed E-state index contributed by atoms with van der Waals surface area (Å²) < 4.78 is 0. The Labute approximate surface area is 207 Å². The number of carbonyl (C=O) groups is 3. The Hall–Kier alpha value is -4.02. The Morgan fingerprint density at radius 2 is 1.71 bits per heavy atom. The maximum absolute atomic E-state index is 13.2. The second-order valence-electron chi connectivity index (χ2n) is 7.41. The standard InChI is InChI=1S/C25H25N5O4S/c1-30(22(32)17-35-25-26-14-5-15-27-25)23(24(33)28-16-19-6-3-2-4-7-19)20-11-8-18(9-12-20)10-13-21(31)29-34/h2-15,23,34H,16-17H2,1H3,(H,28,33)(H,29,31)/b13-10+. The van der Waals surface area contributed by atoms with Gasteiger partial charge in [0.05, 0.1) is 5.75 Å². The van der Waals surface area contributed by atoms with Gasteiger partial charge in [-0.1, -0.05) is 66.4 Å². The number of aromatic nitrogens is 2. The summed E-state index contributed by atoms with van der Waals surface area (Å²) >= 11 is 1.19. The van der Waals surface area contributed by atoms with Gasteiger partial charge in [0, 0.05) is 32.1 Å². The van der Waals surface area contributed by atoms with Crippen molar-refractivity contribution in [2.75, 3.05) is 12.8 Å². The van der Waals surface area contributed by atoms with Crippen LogP contribution in [0.5, 0.6) is 0 Å². The number of hydrogen-bond acceptors (Lipinski definition) is 7. The summed E-state index contributed by atoms with van der Waals surface area (Å²) in [7, 11) is 1.58. The van der Waals surface area contributed by atoms with Gasteiger partial charge in [-0.15, -0.1) is 0 Å². The first-order valence-electron chi connectivity index (χ1n) is 10.7. The van der Waals surface area contributed by atoms with Crippen LogP contribution in [0.1, 0.15) is 22.7 Å². The van der Waals surface area contributed by atoms with Gasteiger partial charge in [-0.2, -0.15) is 0 Å². The molecule has 1 heterocycles. The minimum atomic E-state index is -0.873. The second kappa shape index (κ2) is 13.0. The third-order valence-electron chi connectivity index (χ3n) is 4.99. The van der Waals surface area contributed by atoms with Crippen LogP contribution in [-0.4, -0.2) is 50.6 Å². The van der Waals surface area contributed by atoms with Gasteiger partial charge in [0.15, 0.2) is 5.16 Å². The predicted octanol–water partition coefficient (Wildman–Crippen LogP) is 2.60. The largest absolute Gasteiger partial charge is 0.350 e. The highest BCUT2D eigenvalue weighted by molar-refractivity contribution is 7.99. The third kappa shape index (κ3) is 7.76. The molecule has 0 aliphatic carbocycles. The molecule has 3 rings (SSSR count). The molecule has 1 atom stereocenters. The van der Waals surface area contributed by atoms with E-state index >= 15 is 0 Å². The summed E-state index contributed by atoms with van der Waals surface area (Å²) in [5, 5.41) is 12.0. The first-order valence-corrected chi connectivity index (χ1v) is 11.7. The van der Waals surface area contributed by atoms with E-state index in [4.69, 9.17) is 5.21 Å². The van der Waals surface area contributed by atoms with E-state index in [9.17, 15) is 14.4 Å². The topological polar surface area (TPSA) is 125 Å². The van der Waals surface area contributed by atoms with E-state index < -0.39 is 11.9 Å². The Morgan fingerprint density at radius 3 is 2.37 bits per heavy atom. The molecule has 35 heavy (non-hydrogen) atoms. The molecule has 9 nitrogen and oxygen atoms in total. The number of hydroxylamine groups is 1. The first-order chi connectivity index (χ1) is 17.0. The zero-order valence-corrected chi connectivity index (χ0v) is 19.8. The number of carbonyl (C=O) groups excluding carboxylic acids is 3. The van der Waals surface area contributed by atoms with Crippen molar-refractivity contribution in [3.63, 3.8) is 0 Å². The molecule has 0 aliphatic heterocycles. The minimum Gasteiger partial charge on any atom is -0.350 e. The molecule has 3 N–H and O–H groups in total. The number of nitrogens with one attached hydrogen (secondary N) is 2. The van der Waals surface area contributed by atoms with Gasteiger partial charge in [-0.25, -0.2) is 15.4 Å². The Kier molecular flexibility index (Phi) is 9.52. The van der Waals surface area contributed by atoms with Crippen LogP contribution in [0.15, 0.2) is 84.3 Å². The summed E-state index contributed by atoms with van der Waals surface area (Å²) in [4.78, 5) is 47.1. The van der Waals surface area contributed by atoms with Gasteiger partial charge in [-0.05, 0) is 28.8 Å².